The lowest BCUT2D eigenvalue weighted by molar-refractivity contribution is -0.124. The van der Waals surface area contributed by atoms with Gasteiger partial charge in [0.2, 0.25) is 5.91 Å². The van der Waals surface area contributed by atoms with Gasteiger partial charge < -0.3 is 20.3 Å². The van der Waals surface area contributed by atoms with E-state index in [-0.39, 0.29) is 36.6 Å². The number of halogens is 2. The number of ether oxygens (including phenoxy) is 1. The molecule has 0 saturated carbocycles. The van der Waals surface area contributed by atoms with Crippen LogP contribution in [0.1, 0.15) is 19.3 Å². The van der Waals surface area contributed by atoms with Crippen LogP contribution >= 0.6 is 24.8 Å². The molecule has 1 unspecified atom stereocenters. The number of nitrogens with zero attached hydrogens (tertiary/aromatic N) is 1. The Hall–Kier alpha value is -1.22. The second-order valence-corrected chi connectivity index (χ2v) is 9.82. The molecule has 7 nitrogen and oxygen atoms in total. The van der Waals surface area contributed by atoms with Crippen molar-refractivity contribution in [2.45, 2.75) is 24.0 Å². The second-order valence-electron chi connectivity index (χ2n) is 7.50. The fourth-order valence-corrected chi connectivity index (χ4v) is 5.46. The van der Waals surface area contributed by atoms with Gasteiger partial charge >= 0.3 is 0 Å². The number of amides is 1. The molecule has 0 bridgehead atoms. The third kappa shape index (κ3) is 5.48. The van der Waals surface area contributed by atoms with Gasteiger partial charge in [-0.15, -0.1) is 24.8 Å². The molecular formula is C19H31Cl2N3O4S. The van der Waals surface area contributed by atoms with Gasteiger partial charge in [-0.25, -0.2) is 8.42 Å². The molecule has 2 N–H and O–H groups in total. The van der Waals surface area contributed by atoms with Crippen molar-refractivity contribution in [1.82, 2.24) is 10.6 Å². The Morgan fingerprint density at radius 1 is 1.28 bits per heavy atom. The van der Waals surface area contributed by atoms with E-state index in [9.17, 15) is 13.2 Å². The molecule has 0 aromatic heterocycles. The van der Waals surface area contributed by atoms with Gasteiger partial charge in [-0.3, -0.25) is 4.79 Å². The molecule has 0 radical (unpaired) electrons. The Kier molecular flexibility index (Phi) is 9.53. The lowest BCUT2D eigenvalue weighted by atomic mass is 9.95. The van der Waals surface area contributed by atoms with Crippen molar-refractivity contribution in [3.8, 4) is 5.75 Å². The van der Waals surface area contributed by atoms with Crippen molar-refractivity contribution in [3.05, 3.63) is 24.3 Å². The number of anilines is 1. The maximum Gasteiger partial charge on any atom is 0.241 e. The average Bonchev–Trinajstić information content (AvgIpc) is 3.14. The third-order valence-corrected chi connectivity index (χ3v) is 7.81. The Morgan fingerprint density at radius 2 is 1.93 bits per heavy atom. The number of hydrogen-bond donors (Lipinski definition) is 2. The van der Waals surface area contributed by atoms with Crippen LogP contribution in [0.15, 0.2) is 24.3 Å². The van der Waals surface area contributed by atoms with Gasteiger partial charge in [0.25, 0.3) is 0 Å². The molecule has 2 fully saturated rings. The maximum absolute atomic E-state index is 12.8. The van der Waals surface area contributed by atoms with Crippen molar-refractivity contribution in [2.24, 2.45) is 5.92 Å². The van der Waals surface area contributed by atoms with Gasteiger partial charge in [-0.1, -0.05) is 12.1 Å². The number of carbonyl (C=O) groups is 1. The van der Waals surface area contributed by atoms with Gasteiger partial charge in [0.05, 0.1) is 12.8 Å². The average molecular weight is 468 g/mol. The number of hydrogen-bond acceptors (Lipinski definition) is 6. The van der Waals surface area contributed by atoms with Crippen LogP contribution in [0.4, 0.5) is 5.69 Å². The van der Waals surface area contributed by atoms with Crippen LogP contribution in [-0.4, -0.2) is 65.2 Å². The molecule has 1 atom stereocenters. The first-order valence-corrected chi connectivity index (χ1v) is 11.3. The quantitative estimate of drug-likeness (QED) is 0.660. The highest BCUT2D eigenvalue weighted by Gasteiger charge is 2.48. The summed E-state index contributed by atoms with van der Waals surface area (Å²) in [5.41, 5.74) is 1.06. The molecular weight excluding hydrogens is 437 g/mol. The number of nitrogens with one attached hydrogen (secondary N) is 2. The maximum atomic E-state index is 12.8. The molecule has 166 valence electrons. The van der Waals surface area contributed by atoms with E-state index in [1.165, 1.54) is 6.26 Å². The lowest BCUT2D eigenvalue weighted by Gasteiger charge is -2.34. The number of methoxy groups -OCH3 is 1. The Bertz CT molecular complexity index is 785. The zero-order valence-corrected chi connectivity index (χ0v) is 19.3. The lowest BCUT2D eigenvalue weighted by Crippen LogP contribution is -2.57. The van der Waals surface area contributed by atoms with Crippen LogP contribution in [-0.2, 0) is 14.6 Å². The van der Waals surface area contributed by atoms with E-state index in [2.05, 4.69) is 15.5 Å². The SMILES string of the molecule is COc1ccccc1N1CCC(CNC(=O)C2(S(C)(=O)=O)CCNCC2)C1.Cl.Cl. The van der Waals surface area contributed by atoms with E-state index >= 15 is 0 Å². The zero-order chi connectivity index (χ0) is 19.5. The smallest absolute Gasteiger partial charge is 0.241 e. The van der Waals surface area contributed by atoms with E-state index < -0.39 is 14.6 Å². The minimum Gasteiger partial charge on any atom is -0.495 e. The number of piperidine rings is 1. The molecule has 2 aliphatic heterocycles. The first-order chi connectivity index (χ1) is 12.9. The van der Waals surface area contributed by atoms with Crippen LogP contribution in [0.5, 0.6) is 5.75 Å². The highest BCUT2D eigenvalue weighted by Crippen LogP contribution is 2.32. The minimum absolute atomic E-state index is 0. The standard InChI is InChI=1S/C19H29N3O4S.2ClH/c1-26-17-6-4-3-5-16(17)22-12-7-15(14-22)13-21-18(23)19(27(2,24)25)8-10-20-11-9-19;;/h3-6,15,20H,7-14H2,1-2H3,(H,21,23);2*1H. The molecule has 29 heavy (non-hydrogen) atoms. The summed E-state index contributed by atoms with van der Waals surface area (Å²) in [7, 11) is -1.81. The molecule has 0 aliphatic carbocycles. The zero-order valence-electron chi connectivity index (χ0n) is 16.8. The summed E-state index contributed by atoms with van der Waals surface area (Å²) in [4.78, 5) is 15.1. The summed E-state index contributed by atoms with van der Waals surface area (Å²) in [5.74, 6) is 0.785. The molecule has 2 heterocycles. The van der Waals surface area contributed by atoms with Gasteiger partial charge in [0.1, 0.15) is 5.75 Å². The van der Waals surface area contributed by atoms with Crippen molar-refractivity contribution in [2.75, 3.05) is 51.0 Å². The molecule has 1 aromatic rings. The molecule has 1 amide bonds. The highest BCUT2D eigenvalue weighted by molar-refractivity contribution is 7.92. The minimum atomic E-state index is -3.47. The topological polar surface area (TPSA) is 87.7 Å². The van der Waals surface area contributed by atoms with Gasteiger partial charge in [-0.05, 0) is 50.4 Å². The molecule has 2 saturated heterocycles. The van der Waals surface area contributed by atoms with E-state index in [1.54, 1.807) is 7.11 Å². The van der Waals surface area contributed by atoms with Crippen LogP contribution < -0.4 is 20.3 Å². The van der Waals surface area contributed by atoms with Gasteiger partial charge in [0.15, 0.2) is 14.6 Å². The summed E-state index contributed by atoms with van der Waals surface area (Å²) >= 11 is 0. The molecule has 1 aromatic carbocycles. The van der Waals surface area contributed by atoms with E-state index in [4.69, 9.17) is 4.74 Å². The number of rotatable bonds is 6. The second kappa shape index (κ2) is 10.7. The first-order valence-electron chi connectivity index (χ1n) is 9.44. The molecule has 2 aliphatic rings. The van der Waals surface area contributed by atoms with Crippen LogP contribution in [0.2, 0.25) is 0 Å². The monoisotopic (exact) mass is 467 g/mol. The number of sulfone groups is 1. The summed E-state index contributed by atoms with van der Waals surface area (Å²) in [6.45, 7) is 3.29. The van der Waals surface area contributed by atoms with Crippen LogP contribution in [0.25, 0.3) is 0 Å². The summed E-state index contributed by atoms with van der Waals surface area (Å²) in [6.07, 6.45) is 2.79. The van der Waals surface area contributed by atoms with Gasteiger partial charge in [-0.2, -0.15) is 0 Å². The fraction of sp³-hybridized carbons (Fsp3) is 0.632. The number of benzene rings is 1. The first kappa shape index (κ1) is 25.8. The predicted octanol–water partition coefficient (Wildman–Crippen LogP) is 1.65. The normalized spacial score (nSPS) is 20.9. The summed E-state index contributed by atoms with van der Waals surface area (Å²) in [5, 5.41) is 6.07. The molecule has 0 spiro atoms. The van der Waals surface area contributed by atoms with Crippen molar-refractivity contribution >= 4 is 46.2 Å². The van der Waals surface area contributed by atoms with Crippen LogP contribution in [0, 0.1) is 5.92 Å². The number of para-hydroxylation sites is 2. The largest absolute Gasteiger partial charge is 0.495 e. The van der Waals surface area contributed by atoms with E-state index in [0.29, 0.717) is 32.5 Å². The van der Waals surface area contributed by atoms with Crippen molar-refractivity contribution < 1.29 is 17.9 Å². The van der Waals surface area contributed by atoms with Crippen molar-refractivity contribution in [1.29, 1.82) is 0 Å². The molecule has 10 heteroatoms. The molecule has 3 rings (SSSR count). The van der Waals surface area contributed by atoms with E-state index in [0.717, 1.165) is 30.9 Å². The fourth-order valence-electron chi connectivity index (χ4n) is 4.10. The highest BCUT2D eigenvalue weighted by atomic mass is 35.5. The van der Waals surface area contributed by atoms with Crippen LogP contribution in [0.3, 0.4) is 0 Å². The van der Waals surface area contributed by atoms with Gasteiger partial charge in [0, 0.05) is 25.9 Å². The number of carbonyl (C=O) groups excluding carboxylic acids is 1. The summed E-state index contributed by atoms with van der Waals surface area (Å²) < 4.78 is 28.8. The Morgan fingerprint density at radius 3 is 2.55 bits per heavy atom. The third-order valence-electron chi connectivity index (χ3n) is 5.80. The summed E-state index contributed by atoms with van der Waals surface area (Å²) in [6, 6.07) is 7.91. The van der Waals surface area contributed by atoms with Crippen molar-refractivity contribution in [3.63, 3.8) is 0 Å². The Balaban J connectivity index is 0.00000210. The van der Waals surface area contributed by atoms with E-state index in [1.807, 2.05) is 24.3 Å². The Labute approximate surface area is 185 Å². The predicted molar refractivity (Wildman–Crippen MR) is 120 cm³/mol.